The second-order valence-corrected chi connectivity index (χ2v) is 5.24. The third-order valence-electron chi connectivity index (χ3n) is 3.85. The van der Waals surface area contributed by atoms with E-state index < -0.39 is 6.10 Å². The molecule has 2 rings (SSSR count). The summed E-state index contributed by atoms with van der Waals surface area (Å²) in [6, 6.07) is 5.91. The van der Waals surface area contributed by atoms with Crippen LogP contribution in [0.25, 0.3) is 0 Å². The predicted molar refractivity (Wildman–Crippen MR) is 80.5 cm³/mol. The zero-order valence-electron chi connectivity index (χ0n) is 12.6. The maximum Gasteiger partial charge on any atom is 0.126 e. The van der Waals surface area contributed by atoms with Crippen LogP contribution in [0.3, 0.4) is 0 Å². The van der Waals surface area contributed by atoms with Crippen LogP contribution in [-0.2, 0) is 4.74 Å². The Morgan fingerprint density at radius 2 is 2.30 bits per heavy atom. The van der Waals surface area contributed by atoms with Crippen molar-refractivity contribution in [3.8, 4) is 5.75 Å². The van der Waals surface area contributed by atoms with Crippen molar-refractivity contribution < 1.29 is 14.6 Å². The van der Waals surface area contributed by atoms with Crippen LogP contribution >= 0.6 is 0 Å². The van der Waals surface area contributed by atoms with E-state index in [-0.39, 0.29) is 0 Å². The molecule has 1 aromatic carbocycles. The van der Waals surface area contributed by atoms with Gasteiger partial charge < -0.3 is 19.5 Å². The molecule has 1 aliphatic rings. The molecule has 0 amide bonds. The van der Waals surface area contributed by atoms with E-state index in [1.54, 1.807) is 14.0 Å². The van der Waals surface area contributed by atoms with Crippen LogP contribution in [-0.4, -0.2) is 38.0 Å². The highest BCUT2D eigenvalue weighted by Gasteiger charge is 2.22. The second kappa shape index (κ2) is 6.95. The molecule has 0 bridgehead atoms. The fourth-order valence-corrected chi connectivity index (χ4v) is 2.84. The van der Waals surface area contributed by atoms with Crippen LogP contribution in [0.1, 0.15) is 38.4 Å². The predicted octanol–water partition coefficient (Wildman–Crippen LogP) is 2.75. The van der Waals surface area contributed by atoms with Crippen LogP contribution in [0.4, 0.5) is 5.69 Å². The Morgan fingerprint density at radius 3 is 2.85 bits per heavy atom. The molecule has 1 N–H and O–H groups in total. The van der Waals surface area contributed by atoms with E-state index in [1.807, 2.05) is 18.2 Å². The number of methoxy groups -OCH3 is 1. The third-order valence-corrected chi connectivity index (χ3v) is 3.85. The van der Waals surface area contributed by atoms with E-state index in [1.165, 1.54) is 0 Å². The summed E-state index contributed by atoms with van der Waals surface area (Å²) in [5, 5.41) is 10.1. The van der Waals surface area contributed by atoms with Crippen molar-refractivity contribution in [1.29, 1.82) is 0 Å². The normalized spacial score (nSPS) is 19.9. The fraction of sp³-hybridized carbons (Fsp3) is 0.625. The SMILES string of the molecule is CCN(CC1CCCO1)c1cccc(OC)c1[C@@H](C)O. The lowest BCUT2D eigenvalue weighted by atomic mass is 10.0. The van der Waals surface area contributed by atoms with Gasteiger partial charge in [0.05, 0.1) is 19.3 Å². The first-order chi connectivity index (χ1) is 9.67. The molecule has 1 heterocycles. The molecule has 0 aromatic heterocycles. The van der Waals surface area contributed by atoms with Crippen molar-refractivity contribution >= 4 is 5.69 Å². The molecule has 1 saturated heterocycles. The van der Waals surface area contributed by atoms with Gasteiger partial charge in [0.15, 0.2) is 0 Å². The Bertz CT molecular complexity index is 428. The van der Waals surface area contributed by atoms with Crippen molar-refractivity contribution in [2.24, 2.45) is 0 Å². The standard InChI is InChI=1S/C16H25NO3/c1-4-17(11-13-7-6-10-20-13)14-8-5-9-15(19-3)16(14)12(2)18/h5,8-9,12-13,18H,4,6-7,10-11H2,1-3H3/t12-,13?/m1/s1. The Balaban J connectivity index is 2.27. The first kappa shape index (κ1) is 15.1. The van der Waals surface area contributed by atoms with E-state index in [0.29, 0.717) is 6.10 Å². The quantitative estimate of drug-likeness (QED) is 0.869. The molecule has 20 heavy (non-hydrogen) atoms. The number of benzene rings is 1. The summed E-state index contributed by atoms with van der Waals surface area (Å²) in [7, 11) is 1.64. The van der Waals surface area contributed by atoms with E-state index in [2.05, 4.69) is 11.8 Å². The Labute approximate surface area is 121 Å². The monoisotopic (exact) mass is 279 g/mol. The lowest BCUT2D eigenvalue weighted by Gasteiger charge is -2.29. The van der Waals surface area contributed by atoms with Gasteiger partial charge in [-0.15, -0.1) is 0 Å². The van der Waals surface area contributed by atoms with Gasteiger partial charge in [-0.05, 0) is 38.8 Å². The van der Waals surface area contributed by atoms with Crippen LogP contribution in [0.15, 0.2) is 18.2 Å². The minimum atomic E-state index is -0.556. The van der Waals surface area contributed by atoms with Gasteiger partial charge in [-0.3, -0.25) is 0 Å². The second-order valence-electron chi connectivity index (χ2n) is 5.24. The zero-order valence-corrected chi connectivity index (χ0v) is 12.6. The smallest absolute Gasteiger partial charge is 0.126 e. The lowest BCUT2D eigenvalue weighted by Crippen LogP contribution is -2.33. The van der Waals surface area contributed by atoms with Crippen molar-refractivity contribution in [3.05, 3.63) is 23.8 Å². The van der Waals surface area contributed by atoms with Crippen molar-refractivity contribution in [2.75, 3.05) is 31.7 Å². The number of ether oxygens (including phenoxy) is 2. The Hall–Kier alpha value is -1.26. The maximum absolute atomic E-state index is 10.1. The number of aliphatic hydroxyl groups excluding tert-OH is 1. The van der Waals surface area contributed by atoms with Gasteiger partial charge in [-0.25, -0.2) is 0 Å². The minimum absolute atomic E-state index is 0.294. The summed E-state index contributed by atoms with van der Waals surface area (Å²) in [5.74, 6) is 0.739. The molecule has 0 spiro atoms. The summed E-state index contributed by atoms with van der Waals surface area (Å²) < 4.78 is 11.1. The highest BCUT2D eigenvalue weighted by atomic mass is 16.5. The molecule has 0 aliphatic carbocycles. The summed E-state index contributed by atoms with van der Waals surface area (Å²) in [5.41, 5.74) is 1.90. The number of anilines is 1. The molecule has 4 heteroatoms. The number of nitrogens with zero attached hydrogens (tertiary/aromatic N) is 1. The van der Waals surface area contributed by atoms with Gasteiger partial charge in [-0.1, -0.05) is 6.07 Å². The maximum atomic E-state index is 10.1. The van der Waals surface area contributed by atoms with Crippen LogP contribution in [0.2, 0.25) is 0 Å². The molecule has 1 fully saturated rings. The highest BCUT2D eigenvalue weighted by molar-refractivity contribution is 5.60. The molecule has 2 atom stereocenters. The summed E-state index contributed by atoms with van der Waals surface area (Å²) in [6.07, 6.45) is 2.00. The van der Waals surface area contributed by atoms with Crippen LogP contribution < -0.4 is 9.64 Å². The average molecular weight is 279 g/mol. The molecule has 112 valence electrons. The lowest BCUT2D eigenvalue weighted by molar-refractivity contribution is 0.115. The van der Waals surface area contributed by atoms with Gasteiger partial charge in [-0.2, -0.15) is 0 Å². The van der Waals surface area contributed by atoms with E-state index in [9.17, 15) is 5.11 Å². The van der Waals surface area contributed by atoms with Crippen LogP contribution in [0, 0.1) is 0 Å². The molecule has 1 aliphatic heterocycles. The molecular weight excluding hydrogens is 254 g/mol. The summed E-state index contributed by atoms with van der Waals surface area (Å²) >= 11 is 0. The number of aliphatic hydroxyl groups is 1. The topological polar surface area (TPSA) is 41.9 Å². The number of hydrogen-bond donors (Lipinski definition) is 1. The number of likely N-dealkylation sites (N-methyl/N-ethyl adjacent to an activating group) is 1. The first-order valence-electron chi connectivity index (χ1n) is 7.38. The molecule has 0 radical (unpaired) electrons. The van der Waals surface area contributed by atoms with Gasteiger partial charge in [0.25, 0.3) is 0 Å². The number of rotatable bonds is 6. The van der Waals surface area contributed by atoms with Gasteiger partial charge in [0, 0.05) is 30.9 Å². The summed E-state index contributed by atoms with van der Waals surface area (Å²) in [4.78, 5) is 2.26. The largest absolute Gasteiger partial charge is 0.496 e. The Morgan fingerprint density at radius 1 is 1.50 bits per heavy atom. The molecule has 4 nitrogen and oxygen atoms in total. The van der Waals surface area contributed by atoms with E-state index >= 15 is 0 Å². The molecule has 1 unspecified atom stereocenters. The zero-order chi connectivity index (χ0) is 14.5. The summed E-state index contributed by atoms with van der Waals surface area (Å²) in [6.45, 7) is 6.52. The highest BCUT2D eigenvalue weighted by Crippen LogP contribution is 2.35. The molecule has 1 aromatic rings. The van der Waals surface area contributed by atoms with E-state index in [4.69, 9.17) is 9.47 Å². The van der Waals surface area contributed by atoms with E-state index in [0.717, 1.165) is 49.5 Å². The van der Waals surface area contributed by atoms with Crippen molar-refractivity contribution in [2.45, 2.75) is 38.9 Å². The Kier molecular flexibility index (Phi) is 5.26. The van der Waals surface area contributed by atoms with Crippen molar-refractivity contribution in [1.82, 2.24) is 0 Å². The van der Waals surface area contributed by atoms with Gasteiger partial charge >= 0.3 is 0 Å². The fourth-order valence-electron chi connectivity index (χ4n) is 2.84. The van der Waals surface area contributed by atoms with Gasteiger partial charge in [0.1, 0.15) is 5.75 Å². The molecule has 0 saturated carbocycles. The number of hydrogen-bond acceptors (Lipinski definition) is 4. The third kappa shape index (κ3) is 3.25. The van der Waals surface area contributed by atoms with Crippen molar-refractivity contribution in [3.63, 3.8) is 0 Å². The van der Waals surface area contributed by atoms with Crippen LogP contribution in [0.5, 0.6) is 5.75 Å². The average Bonchev–Trinajstić information content (AvgIpc) is 2.96. The van der Waals surface area contributed by atoms with Gasteiger partial charge in [0.2, 0.25) is 0 Å². The first-order valence-corrected chi connectivity index (χ1v) is 7.38. The minimum Gasteiger partial charge on any atom is -0.496 e. The molecular formula is C16H25NO3.